The number of nitrogens with two attached hydrogens (primary N) is 1. The van der Waals surface area contributed by atoms with Gasteiger partial charge in [0.1, 0.15) is 11.3 Å². The number of aryl methyl sites for hydroxylation is 1. The molecule has 0 unspecified atom stereocenters. The number of oxazole rings is 1. The molecule has 0 saturated heterocycles. The van der Waals surface area contributed by atoms with Crippen LogP contribution in [0.2, 0.25) is 0 Å². The van der Waals surface area contributed by atoms with Crippen molar-refractivity contribution < 1.29 is 8.81 Å². The zero-order chi connectivity index (χ0) is 12.7. The maximum Gasteiger partial charge on any atom is 0.227 e. The average Bonchev–Trinajstić information content (AvgIpc) is 2.71. The van der Waals surface area contributed by atoms with E-state index >= 15 is 0 Å². The standard InChI is InChI=1S/C14H11FN2O/c1-8-6-10(16)3-4-11(8)14-17-12-5-2-9(15)7-13(12)18-14/h2-7H,16H2,1H3. The van der Waals surface area contributed by atoms with E-state index in [-0.39, 0.29) is 5.82 Å². The minimum Gasteiger partial charge on any atom is -0.436 e. The normalized spacial score (nSPS) is 11.0. The highest BCUT2D eigenvalue weighted by atomic mass is 19.1. The molecule has 2 N–H and O–H groups in total. The van der Waals surface area contributed by atoms with Gasteiger partial charge in [-0.2, -0.15) is 0 Å². The van der Waals surface area contributed by atoms with Gasteiger partial charge in [0.25, 0.3) is 0 Å². The minimum absolute atomic E-state index is 0.334. The molecule has 0 aliphatic rings. The quantitative estimate of drug-likeness (QED) is 0.664. The maximum atomic E-state index is 13.1. The molecule has 0 saturated carbocycles. The molecule has 0 radical (unpaired) electrons. The molecule has 0 bridgehead atoms. The third kappa shape index (κ3) is 1.72. The number of aromatic nitrogens is 1. The summed E-state index contributed by atoms with van der Waals surface area (Å²) in [5.74, 6) is 0.146. The Morgan fingerprint density at radius 1 is 1.17 bits per heavy atom. The minimum atomic E-state index is -0.334. The molecular formula is C14H11FN2O. The monoisotopic (exact) mass is 242 g/mol. The van der Waals surface area contributed by atoms with Crippen LogP contribution in [0.25, 0.3) is 22.6 Å². The molecule has 3 rings (SSSR count). The van der Waals surface area contributed by atoms with Gasteiger partial charge in [-0.05, 0) is 42.8 Å². The van der Waals surface area contributed by atoms with Crippen LogP contribution in [0.5, 0.6) is 0 Å². The fourth-order valence-corrected chi connectivity index (χ4v) is 1.94. The van der Waals surface area contributed by atoms with Crippen LogP contribution in [0.3, 0.4) is 0 Å². The van der Waals surface area contributed by atoms with Gasteiger partial charge in [-0.1, -0.05) is 0 Å². The highest BCUT2D eigenvalue weighted by Gasteiger charge is 2.11. The molecule has 0 amide bonds. The van der Waals surface area contributed by atoms with Crippen LogP contribution in [0.15, 0.2) is 40.8 Å². The van der Waals surface area contributed by atoms with E-state index in [1.165, 1.54) is 12.1 Å². The Hall–Kier alpha value is -2.36. The molecule has 0 fully saturated rings. The zero-order valence-corrected chi connectivity index (χ0v) is 9.77. The van der Waals surface area contributed by atoms with E-state index in [1.807, 2.05) is 19.1 Å². The number of fused-ring (bicyclic) bond motifs is 1. The lowest BCUT2D eigenvalue weighted by molar-refractivity contribution is 0.602. The summed E-state index contributed by atoms with van der Waals surface area (Å²) in [5, 5.41) is 0. The van der Waals surface area contributed by atoms with Crippen molar-refractivity contribution in [2.45, 2.75) is 6.92 Å². The summed E-state index contributed by atoms with van der Waals surface area (Å²) in [4.78, 5) is 4.34. The third-order valence-corrected chi connectivity index (χ3v) is 2.83. The number of hydrogen-bond donors (Lipinski definition) is 1. The van der Waals surface area contributed by atoms with E-state index in [1.54, 1.807) is 12.1 Å². The Balaban J connectivity index is 2.19. The van der Waals surface area contributed by atoms with Crippen LogP contribution in [-0.4, -0.2) is 4.98 Å². The second kappa shape index (κ2) is 3.84. The van der Waals surface area contributed by atoms with Crippen molar-refractivity contribution in [2.75, 3.05) is 5.73 Å². The largest absolute Gasteiger partial charge is 0.436 e. The summed E-state index contributed by atoms with van der Waals surface area (Å²) >= 11 is 0. The van der Waals surface area contributed by atoms with E-state index in [0.29, 0.717) is 22.7 Å². The van der Waals surface area contributed by atoms with Crippen LogP contribution >= 0.6 is 0 Å². The van der Waals surface area contributed by atoms with Gasteiger partial charge in [0.05, 0.1) is 0 Å². The molecule has 90 valence electrons. The van der Waals surface area contributed by atoms with Crippen molar-refractivity contribution >= 4 is 16.8 Å². The Kier molecular flexibility index (Phi) is 2.30. The van der Waals surface area contributed by atoms with E-state index in [0.717, 1.165) is 11.1 Å². The molecular weight excluding hydrogens is 231 g/mol. The van der Waals surface area contributed by atoms with Crippen molar-refractivity contribution in [2.24, 2.45) is 0 Å². The number of benzene rings is 2. The highest BCUT2D eigenvalue weighted by Crippen LogP contribution is 2.28. The van der Waals surface area contributed by atoms with Crippen molar-refractivity contribution in [1.82, 2.24) is 4.98 Å². The molecule has 3 aromatic rings. The summed E-state index contributed by atoms with van der Waals surface area (Å²) < 4.78 is 18.6. The Labute approximate surface area is 103 Å². The Bertz CT molecular complexity index is 734. The van der Waals surface area contributed by atoms with Gasteiger partial charge < -0.3 is 10.2 Å². The first-order valence-corrected chi connectivity index (χ1v) is 5.56. The Morgan fingerprint density at radius 2 is 2.00 bits per heavy atom. The van der Waals surface area contributed by atoms with Crippen molar-refractivity contribution in [3.05, 3.63) is 47.8 Å². The van der Waals surface area contributed by atoms with Crippen LogP contribution in [0, 0.1) is 12.7 Å². The van der Waals surface area contributed by atoms with E-state index in [9.17, 15) is 4.39 Å². The van der Waals surface area contributed by atoms with E-state index in [4.69, 9.17) is 10.2 Å². The van der Waals surface area contributed by atoms with Gasteiger partial charge in [0.2, 0.25) is 5.89 Å². The first-order chi connectivity index (χ1) is 8.63. The van der Waals surface area contributed by atoms with Crippen molar-refractivity contribution in [3.63, 3.8) is 0 Å². The summed E-state index contributed by atoms with van der Waals surface area (Å²) in [7, 11) is 0. The average molecular weight is 242 g/mol. The van der Waals surface area contributed by atoms with Gasteiger partial charge in [-0.15, -0.1) is 0 Å². The van der Waals surface area contributed by atoms with Gasteiger partial charge in [0.15, 0.2) is 5.58 Å². The maximum absolute atomic E-state index is 13.1. The molecule has 3 nitrogen and oxygen atoms in total. The summed E-state index contributed by atoms with van der Waals surface area (Å²) in [6.45, 7) is 1.93. The Morgan fingerprint density at radius 3 is 2.78 bits per heavy atom. The molecule has 0 atom stereocenters. The van der Waals surface area contributed by atoms with E-state index < -0.39 is 0 Å². The molecule has 0 aliphatic heterocycles. The van der Waals surface area contributed by atoms with Gasteiger partial charge in [-0.3, -0.25) is 0 Å². The second-order valence-corrected chi connectivity index (χ2v) is 4.21. The van der Waals surface area contributed by atoms with Crippen LogP contribution in [0.1, 0.15) is 5.56 Å². The van der Waals surface area contributed by atoms with Crippen LogP contribution in [0.4, 0.5) is 10.1 Å². The number of halogens is 1. The predicted octanol–water partition coefficient (Wildman–Crippen LogP) is 3.52. The zero-order valence-electron chi connectivity index (χ0n) is 9.77. The number of hydrogen-bond acceptors (Lipinski definition) is 3. The smallest absolute Gasteiger partial charge is 0.227 e. The molecule has 18 heavy (non-hydrogen) atoms. The topological polar surface area (TPSA) is 52.0 Å². The van der Waals surface area contributed by atoms with Gasteiger partial charge in [-0.25, -0.2) is 9.37 Å². The van der Waals surface area contributed by atoms with Crippen LogP contribution < -0.4 is 5.73 Å². The van der Waals surface area contributed by atoms with Gasteiger partial charge in [0, 0.05) is 17.3 Å². The molecule has 1 heterocycles. The van der Waals surface area contributed by atoms with Crippen molar-refractivity contribution in [3.8, 4) is 11.5 Å². The summed E-state index contributed by atoms with van der Waals surface area (Å²) in [5.41, 5.74) is 9.32. The first-order valence-electron chi connectivity index (χ1n) is 5.56. The predicted molar refractivity (Wildman–Crippen MR) is 68.6 cm³/mol. The molecule has 0 spiro atoms. The molecule has 0 aliphatic carbocycles. The SMILES string of the molecule is Cc1cc(N)ccc1-c1nc2ccc(F)cc2o1. The number of nitrogen functional groups attached to an aromatic ring is 1. The lowest BCUT2D eigenvalue weighted by Crippen LogP contribution is -1.88. The second-order valence-electron chi connectivity index (χ2n) is 4.21. The van der Waals surface area contributed by atoms with Crippen LogP contribution in [-0.2, 0) is 0 Å². The summed E-state index contributed by atoms with van der Waals surface area (Å²) in [6, 6.07) is 9.79. The fourth-order valence-electron chi connectivity index (χ4n) is 1.94. The third-order valence-electron chi connectivity index (χ3n) is 2.83. The highest BCUT2D eigenvalue weighted by molar-refractivity contribution is 5.77. The molecule has 1 aromatic heterocycles. The molecule has 2 aromatic carbocycles. The van der Waals surface area contributed by atoms with Crippen molar-refractivity contribution in [1.29, 1.82) is 0 Å². The number of anilines is 1. The fraction of sp³-hybridized carbons (Fsp3) is 0.0714. The number of rotatable bonds is 1. The molecule has 4 heteroatoms. The van der Waals surface area contributed by atoms with E-state index in [2.05, 4.69) is 4.98 Å². The van der Waals surface area contributed by atoms with Gasteiger partial charge >= 0.3 is 0 Å². The summed E-state index contributed by atoms with van der Waals surface area (Å²) in [6.07, 6.45) is 0. The lowest BCUT2D eigenvalue weighted by atomic mass is 10.1. The lowest BCUT2D eigenvalue weighted by Gasteiger charge is -2.01. The number of nitrogens with zero attached hydrogens (tertiary/aromatic N) is 1. The first kappa shape index (κ1) is 10.8.